The van der Waals surface area contributed by atoms with Crippen LogP contribution in [0.5, 0.6) is 0 Å². The Morgan fingerprint density at radius 1 is 1.52 bits per heavy atom. The van der Waals surface area contributed by atoms with Gasteiger partial charge in [0.2, 0.25) is 0 Å². The molecule has 0 amide bonds. The molecule has 108 valence electrons. The lowest BCUT2D eigenvalue weighted by molar-refractivity contribution is 0.0839. The molecule has 3 heterocycles. The predicted octanol–water partition coefficient (Wildman–Crippen LogP) is 1.88. The number of nitrogens with one attached hydrogen (secondary N) is 1. The molecular formula is C15H17N5O. The second kappa shape index (κ2) is 5.94. The van der Waals surface area contributed by atoms with E-state index in [1.165, 1.54) is 0 Å². The zero-order valence-corrected chi connectivity index (χ0v) is 11.9. The van der Waals surface area contributed by atoms with E-state index in [0.29, 0.717) is 11.5 Å². The second-order valence-electron chi connectivity index (χ2n) is 5.15. The fourth-order valence-electron chi connectivity index (χ4n) is 2.65. The summed E-state index contributed by atoms with van der Waals surface area (Å²) in [5.74, 6) is 1.28. The Morgan fingerprint density at radius 2 is 2.43 bits per heavy atom. The summed E-state index contributed by atoms with van der Waals surface area (Å²) in [5.41, 5.74) is 1.38. The molecular weight excluding hydrogens is 266 g/mol. The average molecular weight is 283 g/mol. The molecule has 0 aliphatic carbocycles. The van der Waals surface area contributed by atoms with Gasteiger partial charge in [-0.2, -0.15) is 5.26 Å². The van der Waals surface area contributed by atoms with Gasteiger partial charge in [0, 0.05) is 44.7 Å². The minimum absolute atomic E-state index is 0.000271. The molecule has 2 aromatic heterocycles. The van der Waals surface area contributed by atoms with E-state index in [2.05, 4.69) is 21.4 Å². The monoisotopic (exact) mass is 283 g/mol. The van der Waals surface area contributed by atoms with Crippen LogP contribution in [0.25, 0.3) is 0 Å². The number of ether oxygens (including phenoxy) is 1. The van der Waals surface area contributed by atoms with Crippen LogP contribution in [0, 0.1) is 17.2 Å². The highest BCUT2D eigenvalue weighted by atomic mass is 16.5. The Bertz CT molecular complexity index is 660. The third kappa shape index (κ3) is 2.73. The van der Waals surface area contributed by atoms with E-state index in [1.807, 2.05) is 17.8 Å². The van der Waals surface area contributed by atoms with Crippen LogP contribution in [0.4, 0.5) is 5.69 Å². The molecule has 2 aromatic rings. The van der Waals surface area contributed by atoms with Gasteiger partial charge in [0.25, 0.3) is 0 Å². The van der Waals surface area contributed by atoms with Crippen LogP contribution in [-0.4, -0.2) is 27.7 Å². The van der Waals surface area contributed by atoms with Crippen molar-refractivity contribution in [2.75, 3.05) is 18.5 Å². The van der Waals surface area contributed by atoms with Gasteiger partial charge in [-0.3, -0.25) is 4.98 Å². The molecule has 0 saturated carbocycles. The van der Waals surface area contributed by atoms with Crippen LogP contribution in [0.2, 0.25) is 0 Å². The van der Waals surface area contributed by atoms with E-state index in [0.717, 1.165) is 31.1 Å². The van der Waals surface area contributed by atoms with Crippen molar-refractivity contribution in [3.05, 3.63) is 42.2 Å². The Balaban J connectivity index is 1.70. The van der Waals surface area contributed by atoms with Crippen LogP contribution in [0.1, 0.15) is 23.9 Å². The smallest absolute Gasteiger partial charge is 0.138 e. The van der Waals surface area contributed by atoms with Crippen molar-refractivity contribution in [2.24, 2.45) is 13.0 Å². The summed E-state index contributed by atoms with van der Waals surface area (Å²) in [6, 6.07) is 3.88. The zero-order chi connectivity index (χ0) is 14.7. The van der Waals surface area contributed by atoms with E-state index in [1.54, 1.807) is 24.7 Å². The van der Waals surface area contributed by atoms with Gasteiger partial charge in [-0.15, -0.1) is 0 Å². The number of aromatic nitrogens is 3. The van der Waals surface area contributed by atoms with Crippen molar-refractivity contribution < 1.29 is 4.74 Å². The molecule has 21 heavy (non-hydrogen) atoms. The van der Waals surface area contributed by atoms with E-state index in [9.17, 15) is 0 Å². The summed E-state index contributed by atoms with van der Waals surface area (Å²) in [4.78, 5) is 8.44. The van der Waals surface area contributed by atoms with E-state index >= 15 is 0 Å². The van der Waals surface area contributed by atoms with Crippen LogP contribution in [-0.2, 0) is 11.8 Å². The van der Waals surface area contributed by atoms with Crippen LogP contribution in [0.3, 0.4) is 0 Å². The lowest BCUT2D eigenvalue weighted by Crippen LogP contribution is -2.20. The standard InChI is InChI=1S/C15H17N5O/c1-20-6-5-18-15(20)14-12(3-7-21-14)9-19-13-10-17-4-2-11(13)8-16/h2,4-6,10,12,14,19H,3,7,9H2,1H3/t12-,14+/m0/s1. The number of anilines is 1. The van der Waals surface area contributed by atoms with Gasteiger partial charge in [0.05, 0.1) is 17.4 Å². The van der Waals surface area contributed by atoms with E-state index in [4.69, 9.17) is 10.00 Å². The first-order chi connectivity index (χ1) is 10.3. The Hall–Kier alpha value is -2.39. The third-order valence-electron chi connectivity index (χ3n) is 3.82. The molecule has 2 atom stereocenters. The van der Waals surface area contributed by atoms with Crippen LogP contribution < -0.4 is 5.32 Å². The number of rotatable bonds is 4. The molecule has 0 aromatic carbocycles. The summed E-state index contributed by atoms with van der Waals surface area (Å²) >= 11 is 0. The number of hydrogen-bond donors (Lipinski definition) is 1. The first-order valence-electron chi connectivity index (χ1n) is 6.96. The maximum atomic E-state index is 9.09. The van der Waals surface area contributed by atoms with Crippen LogP contribution in [0.15, 0.2) is 30.9 Å². The minimum atomic E-state index is -0.000271. The Morgan fingerprint density at radius 3 is 3.19 bits per heavy atom. The predicted molar refractivity (Wildman–Crippen MR) is 77.4 cm³/mol. The SMILES string of the molecule is Cn1ccnc1[C@@H]1OCC[C@H]1CNc1cnccc1C#N. The summed E-state index contributed by atoms with van der Waals surface area (Å²) in [7, 11) is 1.98. The minimum Gasteiger partial charge on any atom is -0.382 e. The van der Waals surface area contributed by atoms with Crippen molar-refractivity contribution in [1.29, 1.82) is 5.26 Å². The van der Waals surface area contributed by atoms with E-state index < -0.39 is 0 Å². The second-order valence-corrected chi connectivity index (χ2v) is 5.15. The molecule has 1 N–H and O–H groups in total. The maximum absolute atomic E-state index is 9.09. The van der Waals surface area contributed by atoms with Crippen molar-refractivity contribution in [3.8, 4) is 6.07 Å². The summed E-state index contributed by atoms with van der Waals surface area (Å²) in [5, 5.41) is 12.4. The highest BCUT2D eigenvalue weighted by Crippen LogP contribution is 2.33. The lowest BCUT2D eigenvalue weighted by atomic mass is 10.0. The van der Waals surface area contributed by atoms with Gasteiger partial charge >= 0.3 is 0 Å². The number of aryl methyl sites for hydroxylation is 1. The van der Waals surface area contributed by atoms with Gasteiger partial charge in [-0.05, 0) is 12.5 Å². The summed E-state index contributed by atoms with van der Waals surface area (Å²) < 4.78 is 7.83. The van der Waals surface area contributed by atoms with Crippen molar-refractivity contribution in [1.82, 2.24) is 14.5 Å². The van der Waals surface area contributed by atoms with Gasteiger partial charge in [-0.1, -0.05) is 0 Å². The quantitative estimate of drug-likeness (QED) is 0.927. The van der Waals surface area contributed by atoms with Gasteiger partial charge in [-0.25, -0.2) is 4.98 Å². The van der Waals surface area contributed by atoms with Crippen molar-refractivity contribution in [3.63, 3.8) is 0 Å². The highest BCUT2D eigenvalue weighted by Gasteiger charge is 2.32. The van der Waals surface area contributed by atoms with Crippen LogP contribution >= 0.6 is 0 Å². The van der Waals surface area contributed by atoms with Crippen molar-refractivity contribution in [2.45, 2.75) is 12.5 Å². The molecule has 1 fully saturated rings. The molecule has 6 nitrogen and oxygen atoms in total. The molecule has 6 heteroatoms. The van der Waals surface area contributed by atoms with Crippen molar-refractivity contribution >= 4 is 5.69 Å². The molecule has 0 radical (unpaired) electrons. The summed E-state index contributed by atoms with van der Waals surface area (Å²) in [6.45, 7) is 1.47. The number of hydrogen-bond acceptors (Lipinski definition) is 5. The maximum Gasteiger partial charge on any atom is 0.138 e. The first-order valence-corrected chi connectivity index (χ1v) is 6.96. The lowest BCUT2D eigenvalue weighted by Gasteiger charge is -2.19. The normalized spacial score (nSPS) is 21.1. The number of imidazole rings is 1. The molecule has 1 saturated heterocycles. The topological polar surface area (TPSA) is 75.8 Å². The number of nitrogens with zero attached hydrogens (tertiary/aromatic N) is 4. The number of nitriles is 1. The largest absolute Gasteiger partial charge is 0.382 e. The molecule has 0 bridgehead atoms. The zero-order valence-electron chi connectivity index (χ0n) is 11.9. The third-order valence-corrected chi connectivity index (χ3v) is 3.82. The molecule has 0 spiro atoms. The Kier molecular flexibility index (Phi) is 3.84. The molecule has 3 rings (SSSR count). The Labute approximate surface area is 123 Å². The average Bonchev–Trinajstić information content (AvgIpc) is 3.13. The number of pyridine rings is 1. The fourth-order valence-corrected chi connectivity index (χ4v) is 2.65. The molecule has 0 unspecified atom stereocenters. The van der Waals surface area contributed by atoms with Gasteiger partial charge in [0.1, 0.15) is 18.0 Å². The fraction of sp³-hybridized carbons (Fsp3) is 0.400. The van der Waals surface area contributed by atoms with E-state index in [-0.39, 0.29) is 6.10 Å². The molecule has 1 aliphatic heterocycles. The highest BCUT2D eigenvalue weighted by molar-refractivity contribution is 5.55. The summed E-state index contributed by atoms with van der Waals surface area (Å²) in [6.07, 6.45) is 8.00. The molecule has 1 aliphatic rings. The first kappa shape index (κ1) is 13.6. The van der Waals surface area contributed by atoms with Gasteiger partial charge in [0.15, 0.2) is 0 Å². The van der Waals surface area contributed by atoms with Gasteiger partial charge < -0.3 is 14.6 Å².